The summed E-state index contributed by atoms with van der Waals surface area (Å²) in [6, 6.07) is 0. The minimum atomic E-state index is -4.73. The topological polar surface area (TPSA) is 17.1 Å². The van der Waals surface area contributed by atoms with Gasteiger partial charge in [-0.05, 0) is 38.0 Å². The van der Waals surface area contributed by atoms with Crippen LogP contribution in [0.1, 0.15) is 45.4 Å². The molecule has 1 saturated carbocycles. The molecule has 0 amide bonds. The fraction of sp³-hybridized carbons (Fsp3) is 0.917. The van der Waals surface area contributed by atoms with E-state index in [1.165, 1.54) is 6.92 Å². The van der Waals surface area contributed by atoms with E-state index in [1.54, 1.807) is 0 Å². The normalized spacial score (nSPS) is 27.8. The summed E-state index contributed by atoms with van der Waals surface area (Å²) in [6.07, 6.45) is -4.64. The summed E-state index contributed by atoms with van der Waals surface area (Å²) in [5, 5.41) is 0. The maximum absolute atomic E-state index is 12.8. The van der Waals surface area contributed by atoms with Gasteiger partial charge in [-0.1, -0.05) is 12.8 Å². The molecule has 100 valence electrons. The Morgan fingerprint density at radius 2 is 1.65 bits per heavy atom. The maximum atomic E-state index is 12.8. The first-order valence-corrected chi connectivity index (χ1v) is 5.99. The van der Waals surface area contributed by atoms with E-state index in [2.05, 4.69) is 0 Å². The third-order valence-electron chi connectivity index (χ3n) is 3.44. The van der Waals surface area contributed by atoms with Crippen LogP contribution in [0, 0.1) is 11.8 Å². The molecular formula is C12H18F4O. The largest absolute Gasteiger partial charge is 0.419 e. The maximum Gasteiger partial charge on any atom is 0.419 e. The van der Waals surface area contributed by atoms with Crippen LogP contribution in [-0.2, 0) is 4.79 Å². The zero-order valence-corrected chi connectivity index (χ0v) is 9.89. The predicted molar refractivity (Wildman–Crippen MR) is 56.3 cm³/mol. The van der Waals surface area contributed by atoms with Crippen LogP contribution in [0.5, 0.6) is 0 Å². The molecule has 0 saturated heterocycles. The van der Waals surface area contributed by atoms with E-state index in [1.807, 2.05) is 0 Å². The molecule has 0 aromatic rings. The number of carbonyl (C=O) groups is 1. The highest BCUT2D eigenvalue weighted by Crippen LogP contribution is 2.36. The molecule has 1 unspecified atom stereocenters. The Kier molecular flexibility index (Phi) is 4.95. The lowest BCUT2D eigenvalue weighted by molar-refractivity contribution is -0.185. The van der Waals surface area contributed by atoms with Crippen molar-refractivity contribution < 1.29 is 22.4 Å². The van der Waals surface area contributed by atoms with Gasteiger partial charge in [-0.3, -0.25) is 0 Å². The number of ketones is 1. The van der Waals surface area contributed by atoms with Crippen molar-refractivity contribution in [3.8, 4) is 0 Å². The van der Waals surface area contributed by atoms with Gasteiger partial charge in [0.1, 0.15) is 5.78 Å². The predicted octanol–water partition coefficient (Wildman–Crippen LogP) is 4.06. The number of carbonyl (C=O) groups excluding carboxylic acids is 1. The van der Waals surface area contributed by atoms with E-state index in [-0.39, 0.29) is 17.6 Å². The standard InChI is InChI=1S/C12H18F4O/c1-8(17)6-9-2-4-10(5-3-9)7-11(13)12(14,15)16/h9-11H,2-7H2,1H3. The number of rotatable bonds is 4. The lowest BCUT2D eigenvalue weighted by atomic mass is 9.78. The Labute approximate surface area is 98.6 Å². The summed E-state index contributed by atoms with van der Waals surface area (Å²) < 4.78 is 48.9. The molecule has 17 heavy (non-hydrogen) atoms. The minimum Gasteiger partial charge on any atom is -0.300 e. The second-order valence-electron chi connectivity index (χ2n) is 5.04. The molecular weight excluding hydrogens is 236 g/mol. The number of alkyl halides is 4. The van der Waals surface area contributed by atoms with Crippen LogP contribution in [0.15, 0.2) is 0 Å². The fourth-order valence-corrected chi connectivity index (χ4v) is 2.50. The number of halogens is 4. The first-order chi connectivity index (χ1) is 7.79. The summed E-state index contributed by atoms with van der Waals surface area (Å²) in [7, 11) is 0. The van der Waals surface area contributed by atoms with Gasteiger partial charge in [0.25, 0.3) is 0 Å². The highest BCUT2D eigenvalue weighted by molar-refractivity contribution is 5.75. The van der Waals surface area contributed by atoms with Gasteiger partial charge < -0.3 is 4.79 Å². The molecule has 1 nitrogen and oxygen atoms in total. The van der Waals surface area contributed by atoms with Gasteiger partial charge in [0.2, 0.25) is 0 Å². The van der Waals surface area contributed by atoms with Crippen molar-refractivity contribution in [1.82, 2.24) is 0 Å². The highest BCUT2D eigenvalue weighted by atomic mass is 19.4. The molecule has 0 aliphatic heterocycles. The van der Waals surface area contributed by atoms with Gasteiger partial charge in [0.05, 0.1) is 0 Å². The van der Waals surface area contributed by atoms with Crippen LogP contribution >= 0.6 is 0 Å². The molecule has 0 bridgehead atoms. The number of Topliss-reactive ketones (excluding diaryl/α,β-unsaturated/α-hetero) is 1. The van der Waals surface area contributed by atoms with Crippen LogP contribution < -0.4 is 0 Å². The van der Waals surface area contributed by atoms with Crippen LogP contribution in [0.4, 0.5) is 17.6 Å². The van der Waals surface area contributed by atoms with Crippen LogP contribution in [0.2, 0.25) is 0 Å². The van der Waals surface area contributed by atoms with Crippen LogP contribution in [0.25, 0.3) is 0 Å². The third kappa shape index (κ3) is 5.04. The molecule has 1 aliphatic rings. The van der Waals surface area contributed by atoms with Crippen molar-refractivity contribution in [1.29, 1.82) is 0 Å². The summed E-state index contributed by atoms with van der Waals surface area (Å²) in [5.74, 6) is 0.217. The molecule has 0 aromatic heterocycles. The monoisotopic (exact) mass is 254 g/mol. The van der Waals surface area contributed by atoms with Gasteiger partial charge in [0.15, 0.2) is 6.17 Å². The summed E-state index contributed by atoms with van der Waals surface area (Å²) in [5.41, 5.74) is 0. The fourth-order valence-electron chi connectivity index (χ4n) is 2.50. The Bertz CT molecular complexity index is 254. The van der Waals surface area contributed by atoms with Crippen molar-refractivity contribution in [3.63, 3.8) is 0 Å². The van der Waals surface area contributed by atoms with Crippen LogP contribution in [-0.4, -0.2) is 18.1 Å². The zero-order valence-electron chi connectivity index (χ0n) is 9.89. The molecule has 0 aromatic carbocycles. The van der Waals surface area contributed by atoms with Crippen molar-refractivity contribution in [3.05, 3.63) is 0 Å². The molecule has 1 rings (SSSR count). The molecule has 0 spiro atoms. The van der Waals surface area contributed by atoms with Crippen LogP contribution in [0.3, 0.4) is 0 Å². The number of hydrogen-bond acceptors (Lipinski definition) is 1. The second kappa shape index (κ2) is 5.83. The second-order valence-corrected chi connectivity index (χ2v) is 5.04. The Morgan fingerprint density at radius 1 is 1.18 bits per heavy atom. The van der Waals surface area contributed by atoms with Crippen molar-refractivity contribution in [2.24, 2.45) is 11.8 Å². The Balaban J connectivity index is 2.30. The van der Waals surface area contributed by atoms with E-state index >= 15 is 0 Å². The Morgan fingerprint density at radius 3 is 2.06 bits per heavy atom. The van der Waals surface area contributed by atoms with Gasteiger partial charge in [-0.2, -0.15) is 13.2 Å². The Hall–Kier alpha value is -0.610. The third-order valence-corrected chi connectivity index (χ3v) is 3.44. The molecule has 1 aliphatic carbocycles. The van der Waals surface area contributed by atoms with Crippen molar-refractivity contribution in [2.75, 3.05) is 0 Å². The highest BCUT2D eigenvalue weighted by Gasteiger charge is 2.41. The van der Waals surface area contributed by atoms with E-state index in [4.69, 9.17) is 0 Å². The minimum absolute atomic E-state index is 0.118. The summed E-state index contributed by atoms with van der Waals surface area (Å²) >= 11 is 0. The SMILES string of the molecule is CC(=O)CC1CCC(CC(F)C(F)(F)F)CC1. The average Bonchev–Trinajstić information content (AvgIpc) is 2.18. The first-order valence-electron chi connectivity index (χ1n) is 5.99. The number of hydrogen-bond donors (Lipinski definition) is 0. The van der Waals surface area contributed by atoms with Crippen molar-refractivity contribution >= 4 is 5.78 Å². The molecule has 0 N–H and O–H groups in total. The zero-order chi connectivity index (χ0) is 13.1. The lowest BCUT2D eigenvalue weighted by Gasteiger charge is -2.29. The van der Waals surface area contributed by atoms with Gasteiger partial charge in [-0.25, -0.2) is 4.39 Å². The van der Waals surface area contributed by atoms with E-state index in [0.717, 1.165) is 12.8 Å². The van der Waals surface area contributed by atoms with E-state index < -0.39 is 18.8 Å². The summed E-state index contributed by atoms with van der Waals surface area (Å²) in [6.45, 7) is 1.52. The van der Waals surface area contributed by atoms with Crippen molar-refractivity contribution in [2.45, 2.75) is 57.8 Å². The average molecular weight is 254 g/mol. The van der Waals surface area contributed by atoms with E-state index in [9.17, 15) is 22.4 Å². The molecule has 0 heterocycles. The first kappa shape index (κ1) is 14.5. The lowest BCUT2D eigenvalue weighted by Crippen LogP contribution is -2.28. The van der Waals surface area contributed by atoms with Gasteiger partial charge in [0, 0.05) is 6.42 Å². The molecule has 0 radical (unpaired) electrons. The molecule has 1 atom stereocenters. The van der Waals surface area contributed by atoms with E-state index in [0.29, 0.717) is 19.3 Å². The van der Waals surface area contributed by atoms with Gasteiger partial charge in [-0.15, -0.1) is 0 Å². The smallest absolute Gasteiger partial charge is 0.300 e. The molecule has 1 fully saturated rings. The van der Waals surface area contributed by atoms with Gasteiger partial charge >= 0.3 is 6.18 Å². The summed E-state index contributed by atoms with van der Waals surface area (Å²) in [4.78, 5) is 10.9. The molecule has 5 heteroatoms. The quantitative estimate of drug-likeness (QED) is 0.691.